The molecule has 0 saturated carbocycles. The summed E-state index contributed by atoms with van der Waals surface area (Å²) in [5.74, 6) is -0.328. The molecule has 0 bridgehead atoms. The highest BCUT2D eigenvalue weighted by molar-refractivity contribution is 5.73. The van der Waals surface area contributed by atoms with E-state index < -0.39 is 12.0 Å². The van der Waals surface area contributed by atoms with Crippen molar-refractivity contribution in [2.45, 2.75) is 53.5 Å². The topological polar surface area (TPSA) is 49.3 Å². The normalized spacial score (nSPS) is 14.3. The van der Waals surface area contributed by atoms with Crippen molar-refractivity contribution < 1.29 is 9.90 Å². The average molecular weight is 215 g/mol. The highest BCUT2D eigenvalue weighted by atomic mass is 16.4. The van der Waals surface area contributed by atoms with Crippen LogP contribution in [-0.4, -0.2) is 23.7 Å². The molecule has 0 aliphatic rings. The average Bonchev–Trinajstić information content (AvgIpc) is 1.99. The molecule has 0 fully saturated rings. The summed E-state index contributed by atoms with van der Waals surface area (Å²) >= 11 is 0. The van der Waals surface area contributed by atoms with Gasteiger partial charge in [0, 0.05) is 0 Å². The number of nitrogens with one attached hydrogen (secondary N) is 1. The number of aliphatic carboxylic acids is 1. The van der Waals surface area contributed by atoms with E-state index in [2.05, 4.69) is 26.1 Å². The van der Waals surface area contributed by atoms with Gasteiger partial charge in [0.15, 0.2) is 0 Å². The van der Waals surface area contributed by atoms with E-state index in [0.29, 0.717) is 12.3 Å². The summed E-state index contributed by atoms with van der Waals surface area (Å²) in [4.78, 5) is 10.9. The molecule has 0 saturated heterocycles. The van der Waals surface area contributed by atoms with Crippen LogP contribution in [0.1, 0.15) is 47.5 Å². The molecule has 0 aromatic rings. The highest BCUT2D eigenvalue weighted by Crippen LogP contribution is 2.17. The third kappa shape index (κ3) is 8.43. The van der Waals surface area contributed by atoms with Gasteiger partial charge in [0.05, 0.1) is 0 Å². The first kappa shape index (κ1) is 14.4. The van der Waals surface area contributed by atoms with Crippen molar-refractivity contribution in [3.8, 4) is 0 Å². The Morgan fingerprint density at radius 3 is 2.20 bits per heavy atom. The van der Waals surface area contributed by atoms with E-state index in [0.717, 1.165) is 13.0 Å². The Morgan fingerprint density at radius 1 is 1.33 bits per heavy atom. The molecule has 0 amide bonds. The lowest BCUT2D eigenvalue weighted by Crippen LogP contribution is -2.39. The number of carboxylic acid groups (broad SMARTS) is 1. The minimum Gasteiger partial charge on any atom is -0.480 e. The van der Waals surface area contributed by atoms with Crippen molar-refractivity contribution in [3.05, 3.63) is 0 Å². The van der Waals surface area contributed by atoms with Gasteiger partial charge < -0.3 is 10.4 Å². The summed E-state index contributed by atoms with van der Waals surface area (Å²) < 4.78 is 0. The molecule has 1 atom stereocenters. The second-order valence-electron chi connectivity index (χ2n) is 5.79. The number of rotatable bonds is 6. The first-order chi connectivity index (χ1) is 6.72. The molecule has 15 heavy (non-hydrogen) atoms. The Hall–Kier alpha value is -0.570. The summed E-state index contributed by atoms with van der Waals surface area (Å²) in [6, 6.07) is -0.396. The largest absolute Gasteiger partial charge is 0.480 e. The van der Waals surface area contributed by atoms with E-state index >= 15 is 0 Å². The molecular formula is C12H25NO2. The smallest absolute Gasteiger partial charge is 0.320 e. The van der Waals surface area contributed by atoms with Crippen molar-refractivity contribution in [1.82, 2.24) is 5.32 Å². The van der Waals surface area contributed by atoms with Crippen molar-refractivity contribution in [1.29, 1.82) is 0 Å². The zero-order chi connectivity index (χ0) is 12.1. The summed E-state index contributed by atoms with van der Waals surface area (Å²) in [6.45, 7) is 11.3. The fraction of sp³-hybridized carbons (Fsp3) is 0.917. The fourth-order valence-electron chi connectivity index (χ4n) is 1.36. The Labute approximate surface area is 93.3 Å². The SMILES string of the molecule is CC(C)C[C@H](NCCC(C)(C)C)C(=O)O. The van der Waals surface area contributed by atoms with Crippen LogP contribution in [0, 0.1) is 11.3 Å². The van der Waals surface area contributed by atoms with Gasteiger partial charge in [-0.3, -0.25) is 4.79 Å². The Bertz CT molecular complexity index is 194. The molecule has 0 rings (SSSR count). The van der Waals surface area contributed by atoms with Crippen molar-refractivity contribution >= 4 is 5.97 Å². The molecule has 0 heterocycles. The highest BCUT2D eigenvalue weighted by Gasteiger charge is 2.19. The summed E-state index contributed by atoms with van der Waals surface area (Å²) in [7, 11) is 0. The van der Waals surface area contributed by atoms with Gasteiger partial charge in [-0.15, -0.1) is 0 Å². The van der Waals surface area contributed by atoms with Crippen LogP contribution in [0.3, 0.4) is 0 Å². The monoisotopic (exact) mass is 215 g/mol. The van der Waals surface area contributed by atoms with Crippen LogP contribution >= 0.6 is 0 Å². The van der Waals surface area contributed by atoms with Crippen LogP contribution in [-0.2, 0) is 4.79 Å². The quantitative estimate of drug-likeness (QED) is 0.715. The molecule has 3 heteroatoms. The van der Waals surface area contributed by atoms with Gasteiger partial charge >= 0.3 is 5.97 Å². The van der Waals surface area contributed by atoms with E-state index in [-0.39, 0.29) is 5.41 Å². The van der Waals surface area contributed by atoms with Gasteiger partial charge in [0.1, 0.15) is 6.04 Å². The first-order valence-corrected chi connectivity index (χ1v) is 5.68. The Morgan fingerprint density at radius 2 is 1.87 bits per heavy atom. The molecule has 0 unspecified atom stereocenters. The summed E-state index contributed by atoms with van der Waals surface area (Å²) in [6.07, 6.45) is 1.69. The second kappa shape index (κ2) is 6.11. The number of carbonyl (C=O) groups is 1. The van der Waals surface area contributed by atoms with Gasteiger partial charge in [0.25, 0.3) is 0 Å². The Kier molecular flexibility index (Phi) is 5.88. The first-order valence-electron chi connectivity index (χ1n) is 5.68. The lowest BCUT2D eigenvalue weighted by Gasteiger charge is -2.21. The van der Waals surface area contributed by atoms with Gasteiger partial charge in [-0.05, 0) is 30.7 Å². The predicted octanol–water partition coefficient (Wildman–Crippen LogP) is 2.51. The van der Waals surface area contributed by atoms with Crippen molar-refractivity contribution in [2.75, 3.05) is 6.54 Å². The fourth-order valence-corrected chi connectivity index (χ4v) is 1.36. The number of hydrogen-bond acceptors (Lipinski definition) is 2. The van der Waals surface area contributed by atoms with E-state index in [1.165, 1.54) is 0 Å². The zero-order valence-corrected chi connectivity index (χ0v) is 10.6. The van der Waals surface area contributed by atoms with Crippen LogP contribution in [0.4, 0.5) is 0 Å². The molecule has 3 nitrogen and oxygen atoms in total. The van der Waals surface area contributed by atoms with Crippen LogP contribution in [0.25, 0.3) is 0 Å². The van der Waals surface area contributed by atoms with Gasteiger partial charge in [-0.2, -0.15) is 0 Å². The van der Waals surface area contributed by atoms with Crippen LogP contribution in [0.5, 0.6) is 0 Å². The van der Waals surface area contributed by atoms with Crippen LogP contribution in [0.2, 0.25) is 0 Å². The zero-order valence-electron chi connectivity index (χ0n) is 10.6. The molecule has 0 spiro atoms. The molecule has 0 aromatic heterocycles. The van der Waals surface area contributed by atoms with Crippen LogP contribution in [0.15, 0.2) is 0 Å². The summed E-state index contributed by atoms with van der Waals surface area (Å²) in [5, 5.41) is 12.1. The molecular weight excluding hydrogens is 190 g/mol. The molecule has 90 valence electrons. The predicted molar refractivity (Wildman–Crippen MR) is 63.0 cm³/mol. The molecule has 0 aliphatic carbocycles. The maximum absolute atomic E-state index is 10.9. The molecule has 0 radical (unpaired) electrons. The minimum atomic E-state index is -0.738. The lowest BCUT2D eigenvalue weighted by atomic mass is 9.92. The Balaban J connectivity index is 3.92. The third-order valence-electron chi connectivity index (χ3n) is 2.27. The molecule has 2 N–H and O–H groups in total. The van der Waals surface area contributed by atoms with Crippen molar-refractivity contribution in [2.24, 2.45) is 11.3 Å². The second-order valence-corrected chi connectivity index (χ2v) is 5.79. The molecule has 0 aliphatic heterocycles. The number of hydrogen-bond donors (Lipinski definition) is 2. The minimum absolute atomic E-state index is 0.258. The summed E-state index contributed by atoms with van der Waals surface area (Å²) in [5.41, 5.74) is 0.258. The number of carboxylic acids is 1. The van der Waals surface area contributed by atoms with Gasteiger partial charge in [-0.25, -0.2) is 0 Å². The lowest BCUT2D eigenvalue weighted by molar-refractivity contribution is -0.139. The third-order valence-corrected chi connectivity index (χ3v) is 2.27. The molecule has 0 aromatic carbocycles. The maximum atomic E-state index is 10.9. The van der Waals surface area contributed by atoms with Crippen molar-refractivity contribution in [3.63, 3.8) is 0 Å². The van der Waals surface area contributed by atoms with Crippen LogP contribution < -0.4 is 5.32 Å². The van der Waals surface area contributed by atoms with Gasteiger partial charge in [-0.1, -0.05) is 34.6 Å². The van der Waals surface area contributed by atoms with E-state index in [1.807, 2.05) is 13.8 Å². The van der Waals surface area contributed by atoms with E-state index in [9.17, 15) is 4.79 Å². The maximum Gasteiger partial charge on any atom is 0.320 e. The van der Waals surface area contributed by atoms with Gasteiger partial charge in [0.2, 0.25) is 0 Å². The standard InChI is InChI=1S/C12H25NO2/c1-9(2)8-10(11(14)15)13-7-6-12(3,4)5/h9-10,13H,6-8H2,1-5H3,(H,14,15)/t10-/m0/s1. The van der Waals surface area contributed by atoms with E-state index in [4.69, 9.17) is 5.11 Å². The van der Waals surface area contributed by atoms with E-state index in [1.54, 1.807) is 0 Å².